The van der Waals surface area contributed by atoms with E-state index in [1.807, 2.05) is 6.92 Å². The van der Waals surface area contributed by atoms with Gasteiger partial charge in [0.15, 0.2) is 10.9 Å². The minimum atomic E-state index is -0.406. The molecule has 0 radical (unpaired) electrons. The van der Waals surface area contributed by atoms with Gasteiger partial charge in [-0.3, -0.25) is 4.79 Å². The van der Waals surface area contributed by atoms with E-state index in [2.05, 4.69) is 39.6 Å². The lowest BCUT2D eigenvalue weighted by Crippen LogP contribution is -2.15. The van der Waals surface area contributed by atoms with Crippen LogP contribution in [0.2, 0.25) is 10.0 Å². The van der Waals surface area contributed by atoms with E-state index in [0.717, 1.165) is 5.56 Å². The number of halogens is 2. The summed E-state index contributed by atoms with van der Waals surface area (Å²) in [4.78, 5) is 21.0. The number of carbonyl (C=O) groups excluding carboxylic acids is 1. The van der Waals surface area contributed by atoms with Gasteiger partial charge in [0.1, 0.15) is 0 Å². The zero-order valence-corrected chi connectivity index (χ0v) is 16.2. The molecule has 1 N–H and O–H groups in total. The average Bonchev–Trinajstić information content (AvgIpc) is 2.62. The first-order valence-corrected chi connectivity index (χ1v) is 9.53. The van der Waals surface area contributed by atoms with Crippen molar-refractivity contribution in [2.75, 3.05) is 5.32 Å². The monoisotopic (exact) mass is 403 g/mol. The van der Waals surface area contributed by atoms with Crippen LogP contribution in [0.15, 0.2) is 59.9 Å². The molecule has 0 aliphatic carbocycles. The molecule has 0 atom stereocenters. The smallest absolute Gasteiger partial charge is 0.275 e. The second-order valence-corrected chi connectivity index (χ2v) is 7.37. The van der Waals surface area contributed by atoms with Gasteiger partial charge in [0.2, 0.25) is 0 Å². The van der Waals surface area contributed by atoms with E-state index in [1.54, 1.807) is 24.3 Å². The fourth-order valence-corrected chi connectivity index (χ4v) is 3.31. The van der Waals surface area contributed by atoms with Crippen molar-refractivity contribution in [2.24, 2.45) is 0 Å². The molecule has 0 unspecified atom stereocenters. The molecular formula is C19H15Cl2N3OS. The molecule has 1 amide bonds. The number of nitrogens with one attached hydrogen (secondary N) is 1. The Labute approximate surface area is 166 Å². The molecular weight excluding hydrogens is 389 g/mol. The lowest BCUT2D eigenvalue weighted by atomic mass is 10.2. The van der Waals surface area contributed by atoms with Crippen LogP contribution in [0.4, 0.5) is 5.69 Å². The van der Waals surface area contributed by atoms with Gasteiger partial charge < -0.3 is 5.32 Å². The molecule has 132 valence electrons. The number of thioether (sulfide) groups is 1. The maximum absolute atomic E-state index is 12.5. The van der Waals surface area contributed by atoms with E-state index in [4.69, 9.17) is 23.2 Å². The van der Waals surface area contributed by atoms with E-state index in [0.29, 0.717) is 21.6 Å². The number of carbonyl (C=O) groups is 1. The van der Waals surface area contributed by atoms with Crippen molar-refractivity contribution in [1.82, 2.24) is 9.97 Å². The Balaban J connectivity index is 1.72. The Kier molecular flexibility index (Phi) is 6.14. The van der Waals surface area contributed by atoms with Crippen LogP contribution < -0.4 is 5.32 Å². The van der Waals surface area contributed by atoms with Crippen LogP contribution in [0.1, 0.15) is 21.6 Å². The molecule has 2 aromatic carbocycles. The maximum atomic E-state index is 12.5. The number of amides is 1. The zero-order chi connectivity index (χ0) is 18.5. The van der Waals surface area contributed by atoms with Gasteiger partial charge in [-0.15, -0.1) is 0 Å². The maximum Gasteiger partial charge on any atom is 0.275 e. The van der Waals surface area contributed by atoms with Crippen LogP contribution in [-0.2, 0) is 5.75 Å². The zero-order valence-electron chi connectivity index (χ0n) is 13.9. The summed E-state index contributed by atoms with van der Waals surface area (Å²) in [6, 6.07) is 15.1. The molecule has 1 heterocycles. The fraction of sp³-hybridized carbons (Fsp3) is 0.105. The molecule has 3 aromatic rings. The number of hydrogen-bond acceptors (Lipinski definition) is 4. The molecule has 0 fully saturated rings. The third kappa shape index (κ3) is 4.97. The SMILES string of the molecule is Cc1ccc(CSc2ncc(Cl)c(C(=O)Nc3cccc(Cl)c3)n2)cc1. The van der Waals surface area contributed by atoms with Gasteiger partial charge in [-0.1, -0.05) is 70.9 Å². The second kappa shape index (κ2) is 8.54. The molecule has 26 heavy (non-hydrogen) atoms. The summed E-state index contributed by atoms with van der Waals surface area (Å²) in [6.07, 6.45) is 1.44. The van der Waals surface area contributed by atoms with Gasteiger partial charge in [0.05, 0.1) is 11.2 Å². The highest BCUT2D eigenvalue weighted by molar-refractivity contribution is 7.98. The van der Waals surface area contributed by atoms with Crippen molar-refractivity contribution in [2.45, 2.75) is 17.8 Å². The van der Waals surface area contributed by atoms with Crippen molar-refractivity contribution in [3.05, 3.63) is 81.6 Å². The summed E-state index contributed by atoms with van der Waals surface area (Å²) in [5.74, 6) is 0.300. The lowest BCUT2D eigenvalue weighted by molar-refractivity contribution is 0.102. The quantitative estimate of drug-likeness (QED) is 0.442. The van der Waals surface area contributed by atoms with E-state index in [9.17, 15) is 4.79 Å². The Morgan fingerprint density at radius 2 is 1.92 bits per heavy atom. The van der Waals surface area contributed by atoms with Crippen LogP contribution in [0.3, 0.4) is 0 Å². The molecule has 0 bridgehead atoms. The number of anilines is 1. The molecule has 1 aromatic heterocycles. The fourth-order valence-electron chi connectivity index (χ4n) is 2.17. The molecule has 0 spiro atoms. The Morgan fingerprint density at radius 1 is 1.15 bits per heavy atom. The summed E-state index contributed by atoms with van der Waals surface area (Å²) in [6.45, 7) is 2.05. The highest BCUT2D eigenvalue weighted by atomic mass is 35.5. The Hall–Kier alpha value is -2.08. The number of aromatic nitrogens is 2. The average molecular weight is 404 g/mol. The second-order valence-electron chi connectivity index (χ2n) is 5.59. The summed E-state index contributed by atoms with van der Waals surface area (Å²) in [5.41, 5.74) is 3.07. The van der Waals surface area contributed by atoms with E-state index >= 15 is 0 Å². The molecule has 3 rings (SSSR count). The third-order valence-corrected chi connectivity index (χ3v) is 4.95. The molecule has 4 nitrogen and oxygen atoms in total. The first kappa shape index (κ1) is 18.7. The topological polar surface area (TPSA) is 54.9 Å². The molecule has 0 saturated heterocycles. The largest absolute Gasteiger partial charge is 0.321 e. The van der Waals surface area contributed by atoms with Crippen molar-refractivity contribution < 1.29 is 4.79 Å². The van der Waals surface area contributed by atoms with Crippen LogP contribution in [0.25, 0.3) is 0 Å². The highest BCUT2D eigenvalue weighted by Crippen LogP contribution is 2.23. The van der Waals surface area contributed by atoms with E-state index in [-0.39, 0.29) is 10.7 Å². The molecule has 0 saturated carbocycles. The number of aryl methyl sites for hydroxylation is 1. The van der Waals surface area contributed by atoms with Gasteiger partial charge in [-0.05, 0) is 30.7 Å². The highest BCUT2D eigenvalue weighted by Gasteiger charge is 2.15. The predicted octanol–water partition coefficient (Wildman–Crippen LogP) is 5.64. The normalized spacial score (nSPS) is 10.6. The van der Waals surface area contributed by atoms with Crippen molar-refractivity contribution in [1.29, 1.82) is 0 Å². The summed E-state index contributed by atoms with van der Waals surface area (Å²) in [7, 11) is 0. The van der Waals surface area contributed by atoms with Gasteiger partial charge in [0, 0.05) is 16.5 Å². The minimum absolute atomic E-state index is 0.132. The molecule has 7 heteroatoms. The van der Waals surface area contributed by atoms with Crippen LogP contribution in [0.5, 0.6) is 0 Å². The molecule has 0 aliphatic heterocycles. The van der Waals surface area contributed by atoms with Gasteiger partial charge in [-0.25, -0.2) is 9.97 Å². The van der Waals surface area contributed by atoms with Crippen LogP contribution in [-0.4, -0.2) is 15.9 Å². The predicted molar refractivity (Wildman–Crippen MR) is 107 cm³/mol. The summed E-state index contributed by atoms with van der Waals surface area (Å²) in [5, 5.41) is 3.96. The van der Waals surface area contributed by atoms with Gasteiger partial charge >= 0.3 is 0 Å². The van der Waals surface area contributed by atoms with Crippen molar-refractivity contribution in [3.8, 4) is 0 Å². The van der Waals surface area contributed by atoms with Crippen LogP contribution >= 0.6 is 35.0 Å². The van der Waals surface area contributed by atoms with Crippen molar-refractivity contribution >= 4 is 46.6 Å². The number of nitrogens with zero attached hydrogens (tertiary/aromatic N) is 2. The lowest BCUT2D eigenvalue weighted by Gasteiger charge is -2.08. The number of rotatable bonds is 5. The Bertz CT molecular complexity index is 932. The van der Waals surface area contributed by atoms with Crippen LogP contribution in [0, 0.1) is 6.92 Å². The van der Waals surface area contributed by atoms with Crippen molar-refractivity contribution in [3.63, 3.8) is 0 Å². The Morgan fingerprint density at radius 3 is 2.65 bits per heavy atom. The summed E-state index contributed by atoms with van der Waals surface area (Å²) < 4.78 is 0. The standard InChI is InChI=1S/C19H15Cl2N3OS/c1-12-5-7-13(8-6-12)11-26-19-22-10-16(21)17(24-19)18(25)23-15-4-2-3-14(20)9-15/h2-10H,11H2,1H3,(H,23,25). The van der Waals surface area contributed by atoms with E-state index in [1.165, 1.54) is 23.5 Å². The first-order chi connectivity index (χ1) is 12.5. The third-order valence-electron chi connectivity index (χ3n) is 3.51. The molecule has 0 aliphatic rings. The van der Waals surface area contributed by atoms with Gasteiger partial charge in [0.25, 0.3) is 5.91 Å². The van der Waals surface area contributed by atoms with Gasteiger partial charge in [-0.2, -0.15) is 0 Å². The number of hydrogen-bond donors (Lipinski definition) is 1. The first-order valence-electron chi connectivity index (χ1n) is 7.79. The van der Waals surface area contributed by atoms with E-state index < -0.39 is 5.91 Å². The number of benzene rings is 2. The minimum Gasteiger partial charge on any atom is -0.321 e. The summed E-state index contributed by atoms with van der Waals surface area (Å²) >= 11 is 13.5.